The highest BCUT2D eigenvalue weighted by atomic mass is 79.9. The molecule has 114 valence electrons. The fourth-order valence-corrected chi connectivity index (χ4v) is 3.59. The molecule has 0 saturated carbocycles. The lowest BCUT2D eigenvalue weighted by Crippen LogP contribution is -2.27. The maximum Gasteiger partial charge on any atom is 0.241 e. The summed E-state index contributed by atoms with van der Waals surface area (Å²) >= 11 is 3.29. The second-order valence-electron chi connectivity index (χ2n) is 4.82. The minimum Gasteiger partial charge on any atom is -0.272 e. The third-order valence-corrected chi connectivity index (χ3v) is 5.32. The smallest absolute Gasteiger partial charge is 0.241 e. The summed E-state index contributed by atoms with van der Waals surface area (Å²) in [5.74, 6) is 0. The number of aromatic nitrogens is 2. The summed E-state index contributed by atoms with van der Waals surface area (Å²) in [6, 6.07) is 6.22. The molecule has 0 amide bonds. The third kappa shape index (κ3) is 3.72. The van der Waals surface area contributed by atoms with Crippen molar-refractivity contribution >= 4 is 26.0 Å². The van der Waals surface area contributed by atoms with Crippen molar-refractivity contribution in [3.8, 4) is 0 Å². The van der Waals surface area contributed by atoms with Gasteiger partial charge in [0.05, 0.1) is 10.6 Å². The molecule has 0 aliphatic heterocycles. The van der Waals surface area contributed by atoms with Gasteiger partial charge in [0.25, 0.3) is 0 Å². The van der Waals surface area contributed by atoms with Gasteiger partial charge < -0.3 is 0 Å². The van der Waals surface area contributed by atoms with Crippen LogP contribution in [0.4, 0.5) is 0 Å². The Morgan fingerprint density at radius 2 is 1.95 bits per heavy atom. The molecular weight excluding hydrogens is 354 g/mol. The molecule has 0 radical (unpaired) electrons. The van der Waals surface area contributed by atoms with Gasteiger partial charge in [0.15, 0.2) is 0 Å². The zero-order valence-electron chi connectivity index (χ0n) is 12.2. The fraction of sp³-hybridized carbons (Fsp3) is 0.357. The second-order valence-corrected chi connectivity index (χ2v) is 7.45. The van der Waals surface area contributed by atoms with Crippen molar-refractivity contribution in [3.63, 3.8) is 0 Å². The molecule has 0 saturated heterocycles. The lowest BCUT2D eigenvalue weighted by atomic mass is 10.1. The van der Waals surface area contributed by atoms with E-state index < -0.39 is 10.0 Å². The van der Waals surface area contributed by atoms with Crippen LogP contribution < -0.4 is 4.72 Å². The van der Waals surface area contributed by atoms with Crippen LogP contribution in [-0.2, 0) is 16.6 Å². The Bertz CT molecular complexity index is 723. The summed E-state index contributed by atoms with van der Waals surface area (Å²) in [7, 11) is -3.55. The normalized spacial score (nSPS) is 13.3. The van der Waals surface area contributed by atoms with Gasteiger partial charge >= 0.3 is 0 Å². The van der Waals surface area contributed by atoms with E-state index in [0.29, 0.717) is 0 Å². The average Bonchev–Trinajstić information content (AvgIpc) is 2.80. The van der Waals surface area contributed by atoms with Crippen LogP contribution >= 0.6 is 15.9 Å². The van der Waals surface area contributed by atoms with E-state index in [1.54, 1.807) is 28.9 Å². The first-order valence-corrected chi connectivity index (χ1v) is 8.93. The number of sulfonamides is 1. The molecule has 0 spiro atoms. The number of aryl methyl sites for hydroxylation is 2. The SMILES string of the molecule is CCn1cc(C(C)NS(=O)(=O)c2ccc(Br)cc2)c(C)n1. The molecule has 1 aromatic heterocycles. The van der Waals surface area contributed by atoms with Crippen LogP contribution in [0, 0.1) is 6.92 Å². The van der Waals surface area contributed by atoms with Crippen LogP contribution in [0.15, 0.2) is 39.8 Å². The van der Waals surface area contributed by atoms with Gasteiger partial charge in [-0.1, -0.05) is 15.9 Å². The predicted octanol–water partition coefficient (Wildman–Crippen LogP) is 3.01. The molecule has 1 aromatic carbocycles. The van der Waals surface area contributed by atoms with Gasteiger partial charge in [-0.05, 0) is 45.0 Å². The Balaban J connectivity index is 2.23. The fourth-order valence-electron chi connectivity index (χ4n) is 2.10. The number of hydrogen-bond donors (Lipinski definition) is 1. The Hall–Kier alpha value is -1.18. The maximum atomic E-state index is 12.4. The van der Waals surface area contributed by atoms with Gasteiger partial charge in [0, 0.05) is 28.8 Å². The number of nitrogens with zero attached hydrogens (tertiary/aromatic N) is 2. The predicted molar refractivity (Wildman–Crippen MR) is 85.5 cm³/mol. The van der Waals surface area contributed by atoms with Crippen LogP contribution in [0.5, 0.6) is 0 Å². The molecule has 1 heterocycles. The minimum absolute atomic E-state index is 0.248. The van der Waals surface area contributed by atoms with Gasteiger partial charge in [-0.15, -0.1) is 0 Å². The van der Waals surface area contributed by atoms with E-state index in [4.69, 9.17) is 0 Å². The van der Waals surface area contributed by atoms with E-state index in [1.165, 1.54) is 0 Å². The summed E-state index contributed by atoms with van der Waals surface area (Å²) in [6.07, 6.45) is 1.88. The Morgan fingerprint density at radius 1 is 1.33 bits per heavy atom. The van der Waals surface area contributed by atoms with Gasteiger partial charge in [0.2, 0.25) is 10.0 Å². The summed E-state index contributed by atoms with van der Waals surface area (Å²) in [6.45, 7) is 6.45. The molecule has 5 nitrogen and oxygen atoms in total. The first kappa shape index (κ1) is 16.2. The first-order valence-electron chi connectivity index (χ1n) is 6.65. The lowest BCUT2D eigenvalue weighted by Gasteiger charge is -2.13. The molecule has 21 heavy (non-hydrogen) atoms. The molecule has 1 N–H and O–H groups in total. The Labute approximate surface area is 133 Å². The van der Waals surface area contributed by atoms with Crippen LogP contribution in [0.2, 0.25) is 0 Å². The molecule has 0 fully saturated rings. The van der Waals surface area contributed by atoms with Crippen molar-refractivity contribution in [2.75, 3.05) is 0 Å². The molecule has 0 bridgehead atoms. The summed E-state index contributed by atoms with van der Waals surface area (Å²) in [4.78, 5) is 0.248. The van der Waals surface area contributed by atoms with E-state index in [-0.39, 0.29) is 10.9 Å². The summed E-state index contributed by atoms with van der Waals surface area (Å²) < 4.78 is 30.1. The third-order valence-electron chi connectivity index (χ3n) is 3.23. The molecule has 0 aliphatic carbocycles. The maximum absolute atomic E-state index is 12.4. The van der Waals surface area contributed by atoms with Crippen LogP contribution in [-0.4, -0.2) is 18.2 Å². The van der Waals surface area contributed by atoms with Crippen molar-refractivity contribution in [1.29, 1.82) is 0 Å². The number of nitrogens with one attached hydrogen (secondary N) is 1. The monoisotopic (exact) mass is 371 g/mol. The van der Waals surface area contributed by atoms with E-state index in [0.717, 1.165) is 22.3 Å². The van der Waals surface area contributed by atoms with E-state index >= 15 is 0 Å². The Kier molecular flexibility index (Phi) is 4.85. The lowest BCUT2D eigenvalue weighted by molar-refractivity contribution is 0.566. The topological polar surface area (TPSA) is 64.0 Å². The van der Waals surface area contributed by atoms with Gasteiger partial charge in [-0.2, -0.15) is 5.10 Å². The van der Waals surface area contributed by atoms with Crippen LogP contribution in [0.3, 0.4) is 0 Å². The number of benzene rings is 1. The molecular formula is C14H18BrN3O2S. The minimum atomic E-state index is -3.55. The highest BCUT2D eigenvalue weighted by molar-refractivity contribution is 9.10. The second kappa shape index (κ2) is 6.29. The van der Waals surface area contributed by atoms with Gasteiger partial charge in [-0.3, -0.25) is 4.68 Å². The molecule has 1 unspecified atom stereocenters. The molecule has 1 atom stereocenters. The van der Waals surface area contributed by atoms with Crippen molar-refractivity contribution < 1.29 is 8.42 Å². The molecule has 2 aromatic rings. The van der Waals surface area contributed by atoms with Crippen molar-refractivity contribution in [2.45, 2.75) is 38.3 Å². The average molecular weight is 372 g/mol. The van der Waals surface area contributed by atoms with E-state index in [2.05, 4.69) is 25.8 Å². The van der Waals surface area contributed by atoms with Crippen molar-refractivity contribution in [2.24, 2.45) is 0 Å². The largest absolute Gasteiger partial charge is 0.272 e. The molecule has 7 heteroatoms. The van der Waals surface area contributed by atoms with E-state index in [9.17, 15) is 8.42 Å². The zero-order chi connectivity index (χ0) is 15.6. The molecule has 0 aliphatic rings. The van der Waals surface area contributed by atoms with Crippen molar-refractivity contribution in [3.05, 3.63) is 46.2 Å². The van der Waals surface area contributed by atoms with Crippen LogP contribution in [0.25, 0.3) is 0 Å². The van der Waals surface area contributed by atoms with Crippen molar-refractivity contribution in [1.82, 2.24) is 14.5 Å². The van der Waals surface area contributed by atoms with Crippen LogP contribution in [0.1, 0.15) is 31.1 Å². The first-order chi connectivity index (χ1) is 9.83. The van der Waals surface area contributed by atoms with Gasteiger partial charge in [0.1, 0.15) is 0 Å². The number of halogens is 1. The zero-order valence-corrected chi connectivity index (χ0v) is 14.6. The summed E-state index contributed by atoms with van der Waals surface area (Å²) in [5.41, 5.74) is 1.72. The number of rotatable bonds is 5. The highest BCUT2D eigenvalue weighted by Gasteiger charge is 2.20. The van der Waals surface area contributed by atoms with Gasteiger partial charge in [-0.25, -0.2) is 13.1 Å². The summed E-state index contributed by atoms with van der Waals surface area (Å²) in [5, 5.41) is 4.34. The molecule has 2 rings (SSSR count). The standard InChI is InChI=1S/C14H18BrN3O2S/c1-4-18-9-14(10(2)16-18)11(3)17-21(19,20)13-7-5-12(15)6-8-13/h5-9,11,17H,4H2,1-3H3. The highest BCUT2D eigenvalue weighted by Crippen LogP contribution is 2.20. The quantitative estimate of drug-likeness (QED) is 0.878. The Morgan fingerprint density at radius 3 is 2.48 bits per heavy atom. The van der Waals surface area contributed by atoms with E-state index in [1.807, 2.05) is 27.0 Å². The number of hydrogen-bond acceptors (Lipinski definition) is 3.